The highest BCUT2D eigenvalue weighted by atomic mass is 16.5. The SMILES string of the molecule is CCCOc1ccc(OC(=O)C2CCN(C(=O)C(C)(C)C)CC2)cc1. The number of carbonyl (C=O) groups is 2. The van der Waals surface area contributed by atoms with E-state index in [1.165, 1.54) is 0 Å². The van der Waals surface area contributed by atoms with Crippen LogP contribution in [0, 0.1) is 11.3 Å². The van der Waals surface area contributed by atoms with Crippen LogP contribution in [0.1, 0.15) is 47.0 Å². The van der Waals surface area contributed by atoms with Crippen molar-refractivity contribution in [3.8, 4) is 11.5 Å². The molecule has 0 radical (unpaired) electrons. The zero-order valence-electron chi connectivity index (χ0n) is 15.7. The summed E-state index contributed by atoms with van der Waals surface area (Å²) < 4.78 is 11.0. The number of piperidine rings is 1. The van der Waals surface area contributed by atoms with Crippen LogP contribution in [-0.4, -0.2) is 36.5 Å². The van der Waals surface area contributed by atoms with E-state index in [9.17, 15) is 9.59 Å². The minimum absolute atomic E-state index is 0.141. The van der Waals surface area contributed by atoms with Gasteiger partial charge in [0.25, 0.3) is 0 Å². The van der Waals surface area contributed by atoms with E-state index in [-0.39, 0.29) is 23.2 Å². The van der Waals surface area contributed by atoms with Crippen molar-refractivity contribution in [3.63, 3.8) is 0 Å². The smallest absolute Gasteiger partial charge is 0.314 e. The molecule has 2 rings (SSSR count). The Balaban J connectivity index is 1.83. The first-order valence-electron chi connectivity index (χ1n) is 9.05. The molecule has 0 aromatic heterocycles. The second-order valence-corrected chi connectivity index (χ2v) is 7.56. The Morgan fingerprint density at radius 1 is 1.08 bits per heavy atom. The number of amides is 1. The van der Waals surface area contributed by atoms with Crippen LogP contribution in [0.5, 0.6) is 11.5 Å². The van der Waals surface area contributed by atoms with Crippen LogP contribution < -0.4 is 9.47 Å². The molecule has 1 amide bonds. The van der Waals surface area contributed by atoms with Crippen molar-refractivity contribution in [2.24, 2.45) is 11.3 Å². The van der Waals surface area contributed by atoms with Gasteiger partial charge in [0, 0.05) is 18.5 Å². The predicted octanol–water partition coefficient (Wildman–Crippen LogP) is 3.67. The van der Waals surface area contributed by atoms with Crippen LogP contribution in [-0.2, 0) is 9.59 Å². The number of ether oxygens (including phenoxy) is 2. The molecule has 0 saturated carbocycles. The molecule has 0 aliphatic carbocycles. The fourth-order valence-corrected chi connectivity index (χ4v) is 2.82. The fourth-order valence-electron chi connectivity index (χ4n) is 2.82. The molecule has 5 heteroatoms. The lowest BCUT2D eigenvalue weighted by atomic mass is 9.91. The highest BCUT2D eigenvalue weighted by Crippen LogP contribution is 2.25. The molecular weight excluding hydrogens is 318 g/mol. The van der Waals surface area contributed by atoms with Gasteiger partial charge in [-0.15, -0.1) is 0 Å². The van der Waals surface area contributed by atoms with E-state index in [0.29, 0.717) is 38.3 Å². The average molecular weight is 347 g/mol. The molecule has 0 spiro atoms. The Labute approximate surface area is 150 Å². The Bertz CT molecular complexity index is 581. The first kappa shape index (κ1) is 19.3. The van der Waals surface area contributed by atoms with Crippen molar-refractivity contribution in [1.29, 1.82) is 0 Å². The van der Waals surface area contributed by atoms with Crippen LogP contribution in [0.15, 0.2) is 24.3 Å². The molecule has 0 N–H and O–H groups in total. The molecule has 25 heavy (non-hydrogen) atoms. The summed E-state index contributed by atoms with van der Waals surface area (Å²) >= 11 is 0. The summed E-state index contributed by atoms with van der Waals surface area (Å²) in [7, 11) is 0. The Hall–Kier alpha value is -2.04. The molecule has 1 saturated heterocycles. The van der Waals surface area contributed by atoms with Crippen molar-refractivity contribution in [3.05, 3.63) is 24.3 Å². The molecule has 0 atom stereocenters. The van der Waals surface area contributed by atoms with Gasteiger partial charge in [0.05, 0.1) is 12.5 Å². The van der Waals surface area contributed by atoms with E-state index in [1.54, 1.807) is 12.1 Å². The molecule has 1 aliphatic rings. The lowest BCUT2D eigenvalue weighted by molar-refractivity contribution is -0.146. The van der Waals surface area contributed by atoms with E-state index in [1.807, 2.05) is 37.8 Å². The van der Waals surface area contributed by atoms with Crippen molar-refractivity contribution in [2.45, 2.75) is 47.0 Å². The number of hydrogen-bond donors (Lipinski definition) is 0. The summed E-state index contributed by atoms with van der Waals surface area (Å²) in [6.07, 6.45) is 2.25. The summed E-state index contributed by atoms with van der Waals surface area (Å²) in [5.74, 6) is 1.07. The van der Waals surface area contributed by atoms with Crippen LogP contribution in [0.2, 0.25) is 0 Å². The summed E-state index contributed by atoms with van der Waals surface area (Å²) in [5, 5.41) is 0. The molecule has 1 aliphatic heterocycles. The van der Waals surface area contributed by atoms with Gasteiger partial charge in [-0.05, 0) is 43.5 Å². The summed E-state index contributed by atoms with van der Waals surface area (Å²) in [5.41, 5.74) is -0.380. The maximum atomic E-state index is 12.3. The van der Waals surface area contributed by atoms with Gasteiger partial charge in [0.1, 0.15) is 11.5 Å². The highest BCUT2D eigenvalue weighted by Gasteiger charge is 2.33. The van der Waals surface area contributed by atoms with Gasteiger partial charge in [-0.25, -0.2) is 0 Å². The lowest BCUT2D eigenvalue weighted by Gasteiger charge is -2.34. The lowest BCUT2D eigenvalue weighted by Crippen LogP contribution is -2.45. The van der Waals surface area contributed by atoms with Crippen molar-refractivity contribution >= 4 is 11.9 Å². The Kier molecular flexibility index (Phi) is 6.45. The molecular formula is C20H29NO4. The summed E-state index contributed by atoms with van der Waals surface area (Å²) in [4.78, 5) is 26.5. The number of rotatable bonds is 5. The highest BCUT2D eigenvalue weighted by molar-refractivity contribution is 5.82. The van der Waals surface area contributed by atoms with Gasteiger partial charge in [-0.2, -0.15) is 0 Å². The first-order valence-corrected chi connectivity index (χ1v) is 9.05. The average Bonchev–Trinajstić information content (AvgIpc) is 2.60. The number of hydrogen-bond acceptors (Lipinski definition) is 4. The van der Waals surface area contributed by atoms with E-state index < -0.39 is 0 Å². The second kappa shape index (κ2) is 8.37. The second-order valence-electron chi connectivity index (χ2n) is 7.56. The number of likely N-dealkylation sites (tertiary alicyclic amines) is 1. The normalized spacial score (nSPS) is 15.8. The summed E-state index contributed by atoms with van der Waals surface area (Å²) in [6, 6.07) is 7.12. The molecule has 5 nitrogen and oxygen atoms in total. The van der Waals surface area contributed by atoms with Gasteiger partial charge in [0.15, 0.2) is 0 Å². The van der Waals surface area contributed by atoms with E-state index in [2.05, 4.69) is 6.92 Å². The minimum Gasteiger partial charge on any atom is -0.494 e. The van der Waals surface area contributed by atoms with E-state index >= 15 is 0 Å². The third-order valence-corrected chi connectivity index (χ3v) is 4.27. The number of benzene rings is 1. The minimum atomic E-state index is -0.380. The molecule has 0 bridgehead atoms. The summed E-state index contributed by atoms with van der Waals surface area (Å²) in [6.45, 7) is 9.71. The van der Waals surface area contributed by atoms with Gasteiger partial charge < -0.3 is 14.4 Å². The molecule has 1 aromatic rings. The predicted molar refractivity (Wildman–Crippen MR) is 96.6 cm³/mol. The fraction of sp³-hybridized carbons (Fsp3) is 0.600. The standard InChI is InChI=1S/C20H29NO4/c1-5-14-24-16-6-8-17(9-7-16)25-18(22)15-10-12-21(13-11-15)19(23)20(2,3)4/h6-9,15H,5,10-14H2,1-4H3. The van der Waals surface area contributed by atoms with Crippen molar-refractivity contribution in [1.82, 2.24) is 4.90 Å². The quantitative estimate of drug-likeness (QED) is 0.602. The molecule has 138 valence electrons. The van der Waals surface area contributed by atoms with Gasteiger partial charge in [-0.1, -0.05) is 27.7 Å². The largest absolute Gasteiger partial charge is 0.494 e. The third-order valence-electron chi connectivity index (χ3n) is 4.27. The number of nitrogens with zero attached hydrogens (tertiary/aromatic N) is 1. The van der Waals surface area contributed by atoms with E-state index in [4.69, 9.17) is 9.47 Å². The van der Waals surface area contributed by atoms with Crippen LogP contribution in [0.25, 0.3) is 0 Å². The molecule has 1 aromatic carbocycles. The zero-order valence-corrected chi connectivity index (χ0v) is 15.7. The van der Waals surface area contributed by atoms with Crippen LogP contribution in [0.3, 0.4) is 0 Å². The molecule has 1 fully saturated rings. The van der Waals surface area contributed by atoms with Crippen molar-refractivity contribution in [2.75, 3.05) is 19.7 Å². The van der Waals surface area contributed by atoms with E-state index in [0.717, 1.165) is 12.2 Å². The van der Waals surface area contributed by atoms with Gasteiger partial charge >= 0.3 is 5.97 Å². The Morgan fingerprint density at radius 2 is 1.64 bits per heavy atom. The van der Waals surface area contributed by atoms with Gasteiger partial charge in [-0.3, -0.25) is 9.59 Å². The monoisotopic (exact) mass is 347 g/mol. The Morgan fingerprint density at radius 3 is 2.16 bits per heavy atom. The van der Waals surface area contributed by atoms with Gasteiger partial charge in [0.2, 0.25) is 5.91 Å². The van der Waals surface area contributed by atoms with Crippen molar-refractivity contribution < 1.29 is 19.1 Å². The molecule has 1 heterocycles. The number of carbonyl (C=O) groups excluding carboxylic acids is 2. The van der Waals surface area contributed by atoms with Crippen LogP contribution >= 0.6 is 0 Å². The maximum Gasteiger partial charge on any atom is 0.314 e. The first-order chi connectivity index (χ1) is 11.8. The zero-order chi connectivity index (χ0) is 18.4. The topological polar surface area (TPSA) is 55.8 Å². The number of esters is 1. The molecule has 0 unspecified atom stereocenters. The third kappa shape index (κ3) is 5.48. The van der Waals surface area contributed by atoms with Crippen LogP contribution in [0.4, 0.5) is 0 Å². The maximum absolute atomic E-state index is 12.3.